The highest BCUT2D eigenvalue weighted by atomic mass is 19.1. The molecule has 1 aliphatic heterocycles. The molecule has 2 atom stereocenters. The van der Waals surface area contributed by atoms with Crippen molar-refractivity contribution in [2.45, 2.75) is 44.8 Å². The number of amides is 1. The molecule has 0 radical (unpaired) electrons. The van der Waals surface area contributed by atoms with Crippen molar-refractivity contribution in [1.82, 2.24) is 5.32 Å². The highest BCUT2D eigenvalue weighted by molar-refractivity contribution is 5.94. The van der Waals surface area contributed by atoms with Gasteiger partial charge in [0.25, 0.3) is 5.91 Å². The van der Waals surface area contributed by atoms with E-state index in [2.05, 4.69) is 17.6 Å². The van der Waals surface area contributed by atoms with Crippen LogP contribution in [0.5, 0.6) is 0 Å². The van der Waals surface area contributed by atoms with Crippen molar-refractivity contribution in [2.24, 2.45) is 0 Å². The first-order valence-corrected chi connectivity index (χ1v) is 7.55. The van der Waals surface area contributed by atoms with Gasteiger partial charge in [-0.1, -0.05) is 19.8 Å². The van der Waals surface area contributed by atoms with Crippen LogP contribution in [0.3, 0.4) is 0 Å². The minimum Gasteiger partial charge on any atom is -0.380 e. The first-order valence-electron chi connectivity index (χ1n) is 7.55. The topological polar surface area (TPSA) is 50.4 Å². The van der Waals surface area contributed by atoms with Gasteiger partial charge in [0.2, 0.25) is 0 Å². The molecule has 5 heteroatoms. The van der Waals surface area contributed by atoms with E-state index >= 15 is 0 Å². The summed E-state index contributed by atoms with van der Waals surface area (Å²) in [5, 5.41) is 5.75. The van der Waals surface area contributed by atoms with Crippen molar-refractivity contribution in [3.05, 3.63) is 29.6 Å². The molecular formula is C16H23FN2O2. The second-order valence-corrected chi connectivity index (χ2v) is 5.36. The predicted molar refractivity (Wildman–Crippen MR) is 81.1 cm³/mol. The van der Waals surface area contributed by atoms with Crippen molar-refractivity contribution in [3.63, 3.8) is 0 Å². The zero-order valence-electron chi connectivity index (χ0n) is 12.6. The van der Waals surface area contributed by atoms with Crippen molar-refractivity contribution >= 4 is 11.6 Å². The lowest BCUT2D eigenvalue weighted by Crippen LogP contribution is -2.29. The number of halogens is 1. The summed E-state index contributed by atoms with van der Waals surface area (Å²) < 4.78 is 19.7. The fourth-order valence-electron chi connectivity index (χ4n) is 2.64. The van der Waals surface area contributed by atoms with E-state index in [1.165, 1.54) is 19.2 Å². The molecule has 1 saturated heterocycles. The molecule has 0 aliphatic carbocycles. The number of carbonyl (C=O) groups is 1. The molecule has 1 aromatic carbocycles. The van der Waals surface area contributed by atoms with Crippen LogP contribution in [-0.4, -0.2) is 31.7 Å². The minimum absolute atomic E-state index is 0.0632. The summed E-state index contributed by atoms with van der Waals surface area (Å²) in [4.78, 5) is 11.5. The molecule has 0 bridgehead atoms. The van der Waals surface area contributed by atoms with Crippen molar-refractivity contribution in [1.29, 1.82) is 0 Å². The predicted octanol–water partition coefficient (Wildman–Crippen LogP) is 2.94. The van der Waals surface area contributed by atoms with E-state index in [9.17, 15) is 9.18 Å². The van der Waals surface area contributed by atoms with Crippen LogP contribution in [0, 0.1) is 5.82 Å². The number of carbonyl (C=O) groups excluding carboxylic acids is 1. The summed E-state index contributed by atoms with van der Waals surface area (Å²) in [6, 6.07) is 4.83. The molecule has 116 valence electrons. The lowest BCUT2D eigenvalue weighted by molar-refractivity contribution is 0.0958. The largest absolute Gasteiger partial charge is 0.380 e. The van der Waals surface area contributed by atoms with Crippen LogP contribution < -0.4 is 10.6 Å². The fraction of sp³-hybridized carbons (Fsp3) is 0.562. The number of unbranched alkanes of at least 4 members (excludes halogenated alkanes) is 1. The summed E-state index contributed by atoms with van der Waals surface area (Å²) in [7, 11) is 1.49. The van der Waals surface area contributed by atoms with Crippen LogP contribution >= 0.6 is 0 Å². The maximum absolute atomic E-state index is 13.9. The molecule has 1 unspecified atom stereocenters. The second-order valence-electron chi connectivity index (χ2n) is 5.36. The van der Waals surface area contributed by atoms with Crippen LogP contribution in [-0.2, 0) is 4.74 Å². The standard InChI is InChI=1S/C16H23FN2O2/c1-3-4-5-15-14(8-9-21-15)19-11-6-7-12(13(17)10-11)16(20)18-2/h6-7,10,14-15,19H,3-5,8-9H2,1-2H3,(H,18,20)/t14?,15-/m1/s1. The molecule has 2 N–H and O–H groups in total. The van der Waals surface area contributed by atoms with Crippen LogP contribution in [0.1, 0.15) is 43.0 Å². The zero-order valence-corrected chi connectivity index (χ0v) is 12.6. The number of hydrogen-bond donors (Lipinski definition) is 2. The molecule has 4 nitrogen and oxygen atoms in total. The van der Waals surface area contributed by atoms with E-state index in [-0.39, 0.29) is 17.7 Å². The highest BCUT2D eigenvalue weighted by Crippen LogP contribution is 2.24. The van der Waals surface area contributed by atoms with Gasteiger partial charge in [0.15, 0.2) is 0 Å². The van der Waals surface area contributed by atoms with E-state index in [0.717, 1.165) is 32.3 Å². The fourth-order valence-corrected chi connectivity index (χ4v) is 2.64. The second kappa shape index (κ2) is 7.41. The summed E-state index contributed by atoms with van der Waals surface area (Å²) in [6.45, 7) is 2.90. The Morgan fingerprint density at radius 1 is 1.48 bits per heavy atom. The Balaban J connectivity index is 2.02. The molecular weight excluding hydrogens is 271 g/mol. The minimum atomic E-state index is -0.511. The van der Waals surface area contributed by atoms with E-state index in [1.807, 2.05) is 0 Å². The quantitative estimate of drug-likeness (QED) is 0.848. The van der Waals surface area contributed by atoms with E-state index in [4.69, 9.17) is 4.74 Å². The van der Waals surface area contributed by atoms with Crippen LogP contribution in [0.4, 0.5) is 10.1 Å². The van der Waals surface area contributed by atoms with Crippen molar-refractivity contribution < 1.29 is 13.9 Å². The smallest absolute Gasteiger partial charge is 0.253 e. The molecule has 1 fully saturated rings. The van der Waals surface area contributed by atoms with Gasteiger partial charge in [-0.2, -0.15) is 0 Å². The molecule has 1 amide bonds. The van der Waals surface area contributed by atoms with Gasteiger partial charge in [0.1, 0.15) is 5.82 Å². The zero-order chi connectivity index (χ0) is 15.2. The average molecular weight is 294 g/mol. The molecule has 21 heavy (non-hydrogen) atoms. The van der Waals surface area contributed by atoms with E-state index < -0.39 is 11.7 Å². The van der Waals surface area contributed by atoms with Crippen molar-refractivity contribution in [2.75, 3.05) is 19.0 Å². The first kappa shape index (κ1) is 15.8. The number of nitrogens with one attached hydrogen (secondary N) is 2. The Hall–Kier alpha value is -1.62. The van der Waals surface area contributed by atoms with Gasteiger partial charge in [-0.15, -0.1) is 0 Å². The van der Waals surface area contributed by atoms with Gasteiger partial charge in [-0.05, 0) is 31.0 Å². The van der Waals surface area contributed by atoms with Crippen LogP contribution in [0.2, 0.25) is 0 Å². The molecule has 1 heterocycles. The summed E-state index contributed by atoms with van der Waals surface area (Å²) in [5.41, 5.74) is 0.755. The lowest BCUT2D eigenvalue weighted by Gasteiger charge is -2.21. The number of rotatable bonds is 6. The summed E-state index contributed by atoms with van der Waals surface area (Å²) in [6.07, 6.45) is 4.40. The number of benzene rings is 1. The SMILES string of the molecule is CCCC[C@H]1OCCC1Nc1ccc(C(=O)NC)c(F)c1. The van der Waals surface area contributed by atoms with Gasteiger partial charge in [0, 0.05) is 19.3 Å². The highest BCUT2D eigenvalue weighted by Gasteiger charge is 2.27. The third kappa shape index (κ3) is 3.94. The number of ether oxygens (including phenoxy) is 1. The Morgan fingerprint density at radius 3 is 2.95 bits per heavy atom. The average Bonchev–Trinajstić information content (AvgIpc) is 2.91. The monoisotopic (exact) mass is 294 g/mol. The van der Waals surface area contributed by atoms with Gasteiger partial charge < -0.3 is 15.4 Å². The maximum Gasteiger partial charge on any atom is 0.253 e. The third-order valence-corrected chi connectivity index (χ3v) is 3.84. The van der Waals surface area contributed by atoms with Gasteiger partial charge >= 0.3 is 0 Å². The van der Waals surface area contributed by atoms with Crippen LogP contribution in [0.25, 0.3) is 0 Å². The van der Waals surface area contributed by atoms with Gasteiger partial charge in [-0.25, -0.2) is 4.39 Å². The third-order valence-electron chi connectivity index (χ3n) is 3.84. The Kier molecular flexibility index (Phi) is 5.56. The van der Waals surface area contributed by atoms with Gasteiger partial charge in [-0.3, -0.25) is 4.79 Å². The van der Waals surface area contributed by atoms with Crippen molar-refractivity contribution in [3.8, 4) is 0 Å². The summed E-state index contributed by atoms with van der Waals surface area (Å²) in [5.74, 6) is -0.924. The Bertz CT molecular complexity index is 493. The molecule has 2 rings (SSSR count). The van der Waals surface area contributed by atoms with Crippen LogP contribution in [0.15, 0.2) is 18.2 Å². The molecule has 1 aliphatic rings. The number of hydrogen-bond acceptors (Lipinski definition) is 3. The molecule has 0 aromatic heterocycles. The molecule has 1 aromatic rings. The molecule has 0 saturated carbocycles. The maximum atomic E-state index is 13.9. The Morgan fingerprint density at radius 2 is 2.29 bits per heavy atom. The van der Waals surface area contributed by atoms with E-state index in [0.29, 0.717) is 5.69 Å². The number of anilines is 1. The normalized spacial score (nSPS) is 21.3. The summed E-state index contributed by atoms with van der Waals surface area (Å²) >= 11 is 0. The van der Waals surface area contributed by atoms with E-state index in [1.54, 1.807) is 6.07 Å². The van der Waals surface area contributed by atoms with Gasteiger partial charge in [0.05, 0.1) is 17.7 Å². The first-order chi connectivity index (χ1) is 10.2. The Labute approximate surface area is 125 Å². The molecule has 0 spiro atoms. The lowest BCUT2D eigenvalue weighted by atomic mass is 10.0.